The molecule has 0 fully saturated rings. The lowest BCUT2D eigenvalue weighted by Crippen LogP contribution is -2.02. The van der Waals surface area contributed by atoms with Gasteiger partial charge < -0.3 is 0 Å². The van der Waals surface area contributed by atoms with Crippen LogP contribution in [0.15, 0.2) is 34.1 Å². The molecule has 82 valence electrons. The van der Waals surface area contributed by atoms with Gasteiger partial charge in [0.1, 0.15) is 5.01 Å². The zero-order valence-corrected chi connectivity index (χ0v) is 11.1. The van der Waals surface area contributed by atoms with Crippen LogP contribution in [-0.2, 0) is 6.42 Å². The van der Waals surface area contributed by atoms with Gasteiger partial charge in [0.2, 0.25) is 0 Å². The maximum absolute atomic E-state index is 11.9. The monoisotopic (exact) mass is 295 g/mol. The molecule has 0 N–H and O–H groups in total. The summed E-state index contributed by atoms with van der Waals surface area (Å²) in [6, 6.07) is 7.40. The molecule has 0 radical (unpaired) electrons. The van der Waals surface area contributed by atoms with E-state index in [-0.39, 0.29) is 5.78 Å². The Hall–Kier alpha value is -1.00. The molecule has 0 saturated carbocycles. The van der Waals surface area contributed by atoms with Crippen LogP contribution in [0.2, 0.25) is 0 Å². The molecule has 2 nitrogen and oxygen atoms in total. The molecule has 16 heavy (non-hydrogen) atoms. The van der Waals surface area contributed by atoms with Gasteiger partial charge in [-0.1, -0.05) is 28.1 Å². The minimum Gasteiger partial charge on any atom is -0.294 e. The Bertz CT molecular complexity index is 504. The highest BCUT2D eigenvalue weighted by atomic mass is 79.9. The zero-order valence-electron chi connectivity index (χ0n) is 8.74. The summed E-state index contributed by atoms with van der Waals surface area (Å²) < 4.78 is 0.981. The van der Waals surface area contributed by atoms with Crippen molar-refractivity contribution in [1.82, 2.24) is 4.98 Å². The summed E-state index contributed by atoms with van der Waals surface area (Å²) >= 11 is 4.88. The van der Waals surface area contributed by atoms with E-state index in [2.05, 4.69) is 20.9 Å². The number of aryl methyl sites for hydroxylation is 1. The summed E-state index contributed by atoms with van der Waals surface area (Å²) in [5.41, 5.74) is 1.71. The molecule has 1 aromatic heterocycles. The van der Waals surface area contributed by atoms with Gasteiger partial charge in [-0.3, -0.25) is 4.79 Å². The molecule has 4 heteroatoms. The second-order valence-corrected chi connectivity index (χ2v) is 5.35. The highest BCUT2D eigenvalue weighted by molar-refractivity contribution is 9.10. The Morgan fingerprint density at radius 3 is 2.62 bits per heavy atom. The Morgan fingerprint density at radius 1 is 1.38 bits per heavy atom. The first-order chi connectivity index (χ1) is 7.65. The van der Waals surface area contributed by atoms with Crippen LogP contribution in [0.4, 0.5) is 0 Å². The summed E-state index contributed by atoms with van der Waals surface area (Å²) in [6.07, 6.45) is 0.389. The van der Waals surface area contributed by atoms with E-state index >= 15 is 0 Å². The summed E-state index contributed by atoms with van der Waals surface area (Å²) in [6.45, 7) is 1.93. The van der Waals surface area contributed by atoms with Crippen LogP contribution in [-0.4, -0.2) is 10.8 Å². The van der Waals surface area contributed by atoms with Crippen molar-refractivity contribution in [1.29, 1.82) is 0 Å². The van der Waals surface area contributed by atoms with Crippen LogP contribution < -0.4 is 0 Å². The fourth-order valence-electron chi connectivity index (χ4n) is 1.36. The third kappa shape index (κ3) is 2.77. The van der Waals surface area contributed by atoms with Crippen molar-refractivity contribution >= 4 is 33.0 Å². The second kappa shape index (κ2) is 4.89. The molecule has 0 atom stereocenters. The van der Waals surface area contributed by atoms with Crippen LogP contribution in [0.3, 0.4) is 0 Å². The SMILES string of the molecule is Cc1csc(CC(=O)c2ccc(Br)cc2)n1. The van der Waals surface area contributed by atoms with E-state index < -0.39 is 0 Å². The molecule has 0 amide bonds. The van der Waals surface area contributed by atoms with E-state index in [9.17, 15) is 4.79 Å². The number of benzene rings is 1. The van der Waals surface area contributed by atoms with E-state index in [4.69, 9.17) is 0 Å². The molecule has 1 heterocycles. The molecule has 2 rings (SSSR count). The third-order valence-electron chi connectivity index (χ3n) is 2.14. The van der Waals surface area contributed by atoms with Crippen molar-refractivity contribution in [2.24, 2.45) is 0 Å². The van der Waals surface area contributed by atoms with Crippen LogP contribution in [0, 0.1) is 6.92 Å². The Labute approximate surface area is 106 Å². The van der Waals surface area contributed by atoms with Crippen molar-refractivity contribution in [3.8, 4) is 0 Å². The molecular weight excluding hydrogens is 286 g/mol. The van der Waals surface area contributed by atoms with Gasteiger partial charge in [-0.25, -0.2) is 4.98 Å². The van der Waals surface area contributed by atoms with Crippen LogP contribution in [0.1, 0.15) is 21.1 Å². The van der Waals surface area contributed by atoms with Gasteiger partial charge in [-0.05, 0) is 19.1 Å². The van der Waals surface area contributed by atoms with Gasteiger partial charge in [0.05, 0.1) is 6.42 Å². The Kier molecular flexibility index (Phi) is 3.51. The van der Waals surface area contributed by atoms with E-state index in [0.29, 0.717) is 6.42 Å². The molecule has 2 aromatic rings. The number of carbonyl (C=O) groups excluding carboxylic acids is 1. The van der Waals surface area contributed by atoms with Crippen LogP contribution in [0.25, 0.3) is 0 Å². The maximum Gasteiger partial charge on any atom is 0.169 e. The van der Waals surface area contributed by atoms with Gasteiger partial charge in [0.15, 0.2) is 5.78 Å². The molecule has 0 aliphatic rings. The minimum atomic E-state index is 0.113. The third-order valence-corrected chi connectivity index (χ3v) is 3.64. The second-order valence-electron chi connectivity index (χ2n) is 3.49. The maximum atomic E-state index is 11.9. The van der Waals surface area contributed by atoms with E-state index in [1.54, 1.807) is 0 Å². The minimum absolute atomic E-state index is 0.113. The number of thiazole rings is 1. The number of ketones is 1. The number of rotatable bonds is 3. The number of nitrogens with zero attached hydrogens (tertiary/aromatic N) is 1. The average Bonchev–Trinajstić information content (AvgIpc) is 2.65. The quantitative estimate of drug-likeness (QED) is 0.809. The topological polar surface area (TPSA) is 30.0 Å². The standard InChI is InChI=1S/C12H10BrNOS/c1-8-7-16-12(14-8)6-11(15)9-2-4-10(13)5-3-9/h2-5,7H,6H2,1H3. The fourth-order valence-corrected chi connectivity index (χ4v) is 2.39. The first kappa shape index (κ1) is 11.5. The number of hydrogen-bond acceptors (Lipinski definition) is 3. The molecule has 1 aromatic carbocycles. The lowest BCUT2D eigenvalue weighted by molar-refractivity contribution is 0.0993. The number of carbonyl (C=O) groups is 1. The van der Waals surface area contributed by atoms with Crippen molar-refractivity contribution in [3.05, 3.63) is 50.4 Å². The molecule has 0 unspecified atom stereocenters. The highest BCUT2D eigenvalue weighted by Crippen LogP contribution is 2.15. The lowest BCUT2D eigenvalue weighted by Gasteiger charge is -1.98. The van der Waals surface area contributed by atoms with Crippen LogP contribution in [0.5, 0.6) is 0 Å². The molecule has 0 aliphatic carbocycles. The fraction of sp³-hybridized carbons (Fsp3) is 0.167. The smallest absolute Gasteiger partial charge is 0.169 e. The molecule has 0 bridgehead atoms. The highest BCUT2D eigenvalue weighted by Gasteiger charge is 2.09. The van der Waals surface area contributed by atoms with Gasteiger partial charge in [-0.2, -0.15) is 0 Å². The average molecular weight is 296 g/mol. The molecular formula is C12H10BrNOS. The van der Waals surface area contributed by atoms with Crippen LogP contribution >= 0.6 is 27.3 Å². The summed E-state index contributed by atoms with van der Waals surface area (Å²) in [5, 5.41) is 2.84. The Balaban J connectivity index is 2.11. The van der Waals surface area contributed by atoms with Crippen molar-refractivity contribution in [3.63, 3.8) is 0 Å². The molecule has 0 aliphatic heterocycles. The number of aromatic nitrogens is 1. The predicted molar refractivity (Wildman–Crippen MR) is 69.0 cm³/mol. The van der Waals surface area contributed by atoms with E-state index in [1.807, 2.05) is 36.6 Å². The van der Waals surface area contributed by atoms with Crippen molar-refractivity contribution in [2.75, 3.05) is 0 Å². The van der Waals surface area contributed by atoms with Crippen molar-refractivity contribution < 1.29 is 4.79 Å². The van der Waals surface area contributed by atoms with Crippen molar-refractivity contribution in [2.45, 2.75) is 13.3 Å². The number of hydrogen-bond donors (Lipinski definition) is 0. The number of halogens is 1. The Morgan fingerprint density at radius 2 is 2.06 bits per heavy atom. The largest absolute Gasteiger partial charge is 0.294 e. The van der Waals surface area contributed by atoms with Gasteiger partial charge in [0, 0.05) is 21.1 Å². The lowest BCUT2D eigenvalue weighted by atomic mass is 10.1. The predicted octanol–water partition coefficient (Wildman–Crippen LogP) is 3.64. The number of Topliss-reactive ketones (excluding diaryl/α,β-unsaturated/α-hetero) is 1. The first-order valence-electron chi connectivity index (χ1n) is 4.85. The normalized spacial score (nSPS) is 10.4. The zero-order chi connectivity index (χ0) is 11.5. The first-order valence-corrected chi connectivity index (χ1v) is 6.52. The molecule has 0 saturated heterocycles. The van der Waals surface area contributed by atoms with Gasteiger partial charge in [-0.15, -0.1) is 11.3 Å². The summed E-state index contributed by atoms with van der Waals surface area (Å²) in [4.78, 5) is 16.2. The van der Waals surface area contributed by atoms with E-state index in [0.717, 1.165) is 20.7 Å². The summed E-state index contributed by atoms with van der Waals surface area (Å²) in [5.74, 6) is 0.113. The van der Waals surface area contributed by atoms with E-state index in [1.165, 1.54) is 11.3 Å². The molecule has 0 spiro atoms. The van der Waals surface area contributed by atoms with Gasteiger partial charge in [0.25, 0.3) is 0 Å². The van der Waals surface area contributed by atoms with Gasteiger partial charge >= 0.3 is 0 Å². The summed E-state index contributed by atoms with van der Waals surface area (Å²) in [7, 11) is 0.